The van der Waals surface area contributed by atoms with Crippen LogP contribution in [0.2, 0.25) is 0 Å². The van der Waals surface area contributed by atoms with E-state index in [0.29, 0.717) is 6.04 Å². The van der Waals surface area contributed by atoms with Crippen molar-refractivity contribution in [3.8, 4) is 0 Å². The van der Waals surface area contributed by atoms with Gasteiger partial charge in [0.2, 0.25) is 0 Å². The van der Waals surface area contributed by atoms with Crippen LogP contribution in [0.15, 0.2) is 0 Å². The maximum absolute atomic E-state index is 4.26. The fourth-order valence-electron chi connectivity index (χ4n) is 14.0. The SMILES string of the molecule is CCCCCCCCCCCCCCNC(CCN1CCN(CCN(CCCCCCCCCCCCCC)CCCCCCCCCCCCCC)CC1)CN(CCCCCCCCCCCCCC)CCCCCCCCCCCCCC. The Morgan fingerprint density at radius 3 is 0.706 bits per heavy atom. The van der Waals surface area contributed by atoms with Gasteiger partial charge >= 0.3 is 0 Å². The van der Waals surface area contributed by atoms with Gasteiger partial charge in [-0.1, -0.05) is 388 Å². The molecule has 0 aromatic carbocycles. The molecule has 1 fully saturated rings. The van der Waals surface area contributed by atoms with Gasteiger partial charge < -0.3 is 20.0 Å². The minimum Gasteiger partial charge on any atom is -0.313 e. The molecule has 1 rings (SSSR count). The van der Waals surface area contributed by atoms with Crippen LogP contribution in [-0.4, -0.2) is 111 Å². The first kappa shape index (κ1) is 82.8. The predicted octanol–water partition coefficient (Wildman–Crippen LogP) is 25.1. The van der Waals surface area contributed by atoms with E-state index in [4.69, 9.17) is 0 Å². The maximum Gasteiger partial charge on any atom is 0.0207 e. The Morgan fingerprint density at radius 1 is 0.235 bits per heavy atom. The van der Waals surface area contributed by atoms with Crippen molar-refractivity contribution in [2.45, 2.75) is 432 Å². The zero-order valence-corrected chi connectivity index (χ0v) is 60.2. The standard InChI is InChI=1S/C80H165N5/c1-6-11-16-21-26-31-36-41-46-51-56-61-67-81-80(79-85(70-64-59-54-49-44-39-34-29-24-19-14-9-4)71-65-60-55-50-45-40-35-30-25-20-15-10-5)66-72-83-74-77-84(78-75-83)76-73-82(68-62-57-52-47-42-37-32-27-22-17-12-7-2)69-63-58-53-48-43-38-33-28-23-18-13-8-3/h80-81H,6-79H2,1-5H3. The highest BCUT2D eigenvalue weighted by Crippen LogP contribution is 2.19. The van der Waals surface area contributed by atoms with Crippen LogP contribution in [0.25, 0.3) is 0 Å². The van der Waals surface area contributed by atoms with Crippen molar-refractivity contribution in [3.63, 3.8) is 0 Å². The summed E-state index contributed by atoms with van der Waals surface area (Å²) in [5, 5.41) is 4.26. The first-order valence-corrected chi connectivity index (χ1v) is 40.8. The molecule has 0 saturated carbocycles. The molecule has 1 saturated heterocycles. The molecule has 1 heterocycles. The lowest BCUT2D eigenvalue weighted by molar-refractivity contribution is 0.112. The lowest BCUT2D eigenvalue weighted by Crippen LogP contribution is -2.50. The number of nitrogens with zero attached hydrogens (tertiary/aromatic N) is 4. The quantitative estimate of drug-likeness (QED) is 0.0612. The third-order valence-electron chi connectivity index (χ3n) is 20.2. The Bertz CT molecular complexity index is 1130. The molecule has 0 aromatic rings. The average molecular weight is 1200 g/mol. The van der Waals surface area contributed by atoms with Gasteiger partial charge in [0.15, 0.2) is 0 Å². The van der Waals surface area contributed by atoms with Crippen molar-refractivity contribution in [2.75, 3.05) is 85.1 Å². The van der Waals surface area contributed by atoms with Gasteiger partial charge in [0, 0.05) is 51.9 Å². The van der Waals surface area contributed by atoms with Crippen molar-refractivity contribution in [2.24, 2.45) is 0 Å². The van der Waals surface area contributed by atoms with Gasteiger partial charge in [-0.05, 0) is 77.8 Å². The lowest BCUT2D eigenvalue weighted by atomic mass is 10.0. The highest BCUT2D eigenvalue weighted by atomic mass is 15.3. The Labute approximate surface area is 539 Å². The van der Waals surface area contributed by atoms with Crippen molar-refractivity contribution in [1.82, 2.24) is 24.9 Å². The molecule has 5 nitrogen and oxygen atoms in total. The average Bonchev–Trinajstić information content (AvgIpc) is 3.53. The van der Waals surface area contributed by atoms with Gasteiger partial charge in [-0.2, -0.15) is 0 Å². The van der Waals surface area contributed by atoms with Crippen molar-refractivity contribution < 1.29 is 0 Å². The molecule has 1 atom stereocenters. The molecular weight excluding hydrogens is 1030 g/mol. The van der Waals surface area contributed by atoms with Crippen molar-refractivity contribution in [3.05, 3.63) is 0 Å². The molecule has 1 N–H and O–H groups in total. The van der Waals surface area contributed by atoms with Crippen molar-refractivity contribution in [1.29, 1.82) is 0 Å². The van der Waals surface area contributed by atoms with Gasteiger partial charge in [-0.3, -0.25) is 4.90 Å². The second kappa shape index (κ2) is 71.2. The van der Waals surface area contributed by atoms with Crippen LogP contribution in [-0.2, 0) is 0 Å². The molecule has 1 unspecified atom stereocenters. The second-order valence-corrected chi connectivity index (χ2v) is 28.7. The minimum atomic E-state index is 0.620. The zero-order valence-electron chi connectivity index (χ0n) is 60.2. The summed E-state index contributed by atoms with van der Waals surface area (Å²) < 4.78 is 0. The van der Waals surface area contributed by atoms with Gasteiger partial charge in [-0.15, -0.1) is 0 Å². The second-order valence-electron chi connectivity index (χ2n) is 28.7. The summed E-state index contributed by atoms with van der Waals surface area (Å²) in [6, 6.07) is 0.620. The maximum atomic E-state index is 4.26. The minimum absolute atomic E-state index is 0.620. The Hall–Kier alpha value is -0.200. The summed E-state index contributed by atoms with van der Waals surface area (Å²) in [4.78, 5) is 11.6. The number of rotatable bonds is 74. The fraction of sp³-hybridized carbons (Fsp3) is 1.00. The van der Waals surface area contributed by atoms with E-state index in [2.05, 4.69) is 59.5 Å². The molecule has 5 heteroatoms. The monoisotopic (exact) mass is 1200 g/mol. The molecule has 0 bridgehead atoms. The molecule has 510 valence electrons. The third kappa shape index (κ3) is 62.4. The Morgan fingerprint density at radius 2 is 0.447 bits per heavy atom. The normalized spacial score (nSPS) is 13.9. The first-order chi connectivity index (χ1) is 42.2. The summed E-state index contributed by atoms with van der Waals surface area (Å²) in [5.41, 5.74) is 0. The summed E-state index contributed by atoms with van der Waals surface area (Å²) in [6.07, 6.45) is 88.0. The van der Waals surface area contributed by atoms with E-state index in [0.717, 1.165) is 0 Å². The van der Waals surface area contributed by atoms with E-state index in [1.807, 2.05) is 0 Å². The van der Waals surface area contributed by atoms with Crippen LogP contribution in [0, 0.1) is 0 Å². The molecule has 1 aliphatic heterocycles. The van der Waals surface area contributed by atoms with Crippen LogP contribution < -0.4 is 5.32 Å². The summed E-state index contributed by atoms with van der Waals surface area (Å²) in [7, 11) is 0. The summed E-state index contributed by atoms with van der Waals surface area (Å²) in [6.45, 7) is 28.4. The van der Waals surface area contributed by atoms with E-state index in [1.165, 1.54) is 477 Å². The van der Waals surface area contributed by atoms with Gasteiger partial charge in [-0.25, -0.2) is 0 Å². The number of unbranched alkanes of at least 4 members (excludes halogenated alkanes) is 55. The largest absolute Gasteiger partial charge is 0.313 e. The molecule has 0 radical (unpaired) electrons. The topological polar surface area (TPSA) is 25.0 Å². The van der Waals surface area contributed by atoms with Crippen LogP contribution in [0.5, 0.6) is 0 Å². The highest BCUT2D eigenvalue weighted by molar-refractivity contribution is 4.79. The number of hydrogen-bond donors (Lipinski definition) is 1. The Balaban J connectivity index is 2.80. The molecule has 85 heavy (non-hydrogen) atoms. The third-order valence-corrected chi connectivity index (χ3v) is 20.2. The lowest BCUT2D eigenvalue weighted by Gasteiger charge is -2.37. The van der Waals surface area contributed by atoms with Crippen LogP contribution >= 0.6 is 0 Å². The Kier molecular flexibility index (Phi) is 69.4. The van der Waals surface area contributed by atoms with E-state index in [9.17, 15) is 0 Å². The molecular formula is C80H165N5. The molecule has 1 aliphatic rings. The molecule has 0 aromatic heterocycles. The number of hydrogen-bond acceptors (Lipinski definition) is 5. The first-order valence-electron chi connectivity index (χ1n) is 40.8. The smallest absolute Gasteiger partial charge is 0.0207 e. The molecule has 0 amide bonds. The summed E-state index contributed by atoms with van der Waals surface area (Å²) >= 11 is 0. The van der Waals surface area contributed by atoms with E-state index < -0.39 is 0 Å². The van der Waals surface area contributed by atoms with Crippen LogP contribution in [0.1, 0.15) is 426 Å². The number of piperazine rings is 1. The summed E-state index contributed by atoms with van der Waals surface area (Å²) in [5.74, 6) is 0. The zero-order chi connectivity index (χ0) is 60.9. The van der Waals surface area contributed by atoms with Gasteiger partial charge in [0.1, 0.15) is 0 Å². The number of nitrogens with one attached hydrogen (secondary N) is 1. The highest BCUT2D eigenvalue weighted by Gasteiger charge is 2.21. The van der Waals surface area contributed by atoms with Gasteiger partial charge in [0.25, 0.3) is 0 Å². The fourth-order valence-corrected chi connectivity index (χ4v) is 14.0. The van der Waals surface area contributed by atoms with E-state index in [-0.39, 0.29) is 0 Å². The van der Waals surface area contributed by atoms with E-state index >= 15 is 0 Å². The van der Waals surface area contributed by atoms with E-state index in [1.54, 1.807) is 0 Å². The predicted molar refractivity (Wildman–Crippen MR) is 388 cm³/mol. The van der Waals surface area contributed by atoms with Gasteiger partial charge in [0.05, 0.1) is 0 Å². The van der Waals surface area contributed by atoms with Crippen LogP contribution in [0.4, 0.5) is 0 Å². The van der Waals surface area contributed by atoms with Crippen LogP contribution in [0.3, 0.4) is 0 Å². The van der Waals surface area contributed by atoms with Crippen molar-refractivity contribution >= 4 is 0 Å². The molecule has 0 aliphatic carbocycles. The molecule has 0 spiro atoms.